The Morgan fingerprint density at radius 3 is 2.50 bits per heavy atom. The number of pyridine rings is 1. The van der Waals surface area contributed by atoms with Crippen molar-refractivity contribution in [1.82, 2.24) is 4.98 Å². The molecule has 0 fully saturated rings. The average Bonchev–Trinajstić information content (AvgIpc) is 2.63. The molecule has 1 aromatic heterocycles. The summed E-state index contributed by atoms with van der Waals surface area (Å²) in [7, 11) is 0. The summed E-state index contributed by atoms with van der Waals surface area (Å²) in [5, 5.41) is 9.63. The summed E-state index contributed by atoms with van der Waals surface area (Å²) >= 11 is 3.50. The highest BCUT2D eigenvalue weighted by molar-refractivity contribution is 9.10. The van der Waals surface area contributed by atoms with Crippen LogP contribution in [0.25, 0.3) is 22.4 Å². The largest absolute Gasteiger partial charge is 0.493 e. The fourth-order valence-corrected chi connectivity index (χ4v) is 3.12. The third-order valence-corrected chi connectivity index (χ3v) is 4.53. The maximum absolute atomic E-state index is 9.63. The molecule has 130 valence electrons. The molecule has 2 aromatic carbocycles. The maximum atomic E-state index is 9.63. The number of nitriles is 1. The van der Waals surface area contributed by atoms with Crippen LogP contribution in [0.2, 0.25) is 0 Å². The minimum Gasteiger partial charge on any atom is -0.493 e. The highest BCUT2D eigenvalue weighted by atomic mass is 79.9. The van der Waals surface area contributed by atoms with Gasteiger partial charge in [-0.15, -0.1) is 0 Å². The van der Waals surface area contributed by atoms with Crippen molar-refractivity contribution in [3.63, 3.8) is 0 Å². The standard InChI is InChI=1S/C21H18BrN3O/c1-3-26-20-9-8-15(22)10-17(20)16-11-19(25-21(24)18(16)12-23)14-6-4-13(2)5-7-14/h4-11H,3H2,1-2H3,(H2,24,25). The summed E-state index contributed by atoms with van der Waals surface area (Å²) in [5.74, 6) is 0.913. The lowest BCUT2D eigenvalue weighted by atomic mass is 9.97. The number of rotatable bonds is 4. The predicted octanol–water partition coefficient (Wildman–Crippen LogP) is 5.34. The van der Waals surface area contributed by atoms with Gasteiger partial charge in [-0.3, -0.25) is 0 Å². The summed E-state index contributed by atoms with van der Waals surface area (Å²) in [6.07, 6.45) is 0. The Hall–Kier alpha value is -2.84. The fourth-order valence-electron chi connectivity index (χ4n) is 2.76. The molecule has 4 nitrogen and oxygen atoms in total. The van der Waals surface area contributed by atoms with E-state index in [4.69, 9.17) is 10.5 Å². The summed E-state index contributed by atoms with van der Waals surface area (Å²) in [6.45, 7) is 4.49. The molecule has 0 saturated carbocycles. The van der Waals surface area contributed by atoms with Gasteiger partial charge in [0, 0.05) is 21.2 Å². The van der Waals surface area contributed by atoms with E-state index in [9.17, 15) is 5.26 Å². The molecular formula is C21H18BrN3O. The number of halogens is 1. The van der Waals surface area contributed by atoms with Crippen LogP contribution in [-0.4, -0.2) is 11.6 Å². The van der Waals surface area contributed by atoms with Crippen LogP contribution in [0.4, 0.5) is 5.82 Å². The van der Waals surface area contributed by atoms with Gasteiger partial charge in [0.2, 0.25) is 0 Å². The fraction of sp³-hybridized carbons (Fsp3) is 0.143. The van der Waals surface area contributed by atoms with E-state index in [0.29, 0.717) is 23.5 Å². The van der Waals surface area contributed by atoms with Crippen LogP contribution in [-0.2, 0) is 0 Å². The highest BCUT2D eigenvalue weighted by Crippen LogP contribution is 2.38. The van der Waals surface area contributed by atoms with Crippen molar-refractivity contribution in [1.29, 1.82) is 5.26 Å². The SMILES string of the molecule is CCOc1ccc(Br)cc1-c1cc(-c2ccc(C)cc2)nc(N)c1C#N. The first kappa shape index (κ1) is 18.0. The van der Waals surface area contributed by atoms with Gasteiger partial charge < -0.3 is 10.5 Å². The Labute approximate surface area is 161 Å². The van der Waals surface area contributed by atoms with E-state index in [2.05, 4.69) is 27.0 Å². The van der Waals surface area contributed by atoms with Crippen molar-refractivity contribution in [2.75, 3.05) is 12.3 Å². The zero-order valence-electron chi connectivity index (χ0n) is 14.6. The lowest BCUT2D eigenvalue weighted by molar-refractivity contribution is 0.341. The second kappa shape index (κ2) is 7.59. The van der Waals surface area contributed by atoms with Crippen molar-refractivity contribution < 1.29 is 4.74 Å². The molecule has 1 heterocycles. The monoisotopic (exact) mass is 407 g/mol. The number of nitrogens with two attached hydrogens (primary N) is 1. The second-order valence-electron chi connectivity index (χ2n) is 5.87. The van der Waals surface area contributed by atoms with Crippen LogP contribution in [0.5, 0.6) is 5.75 Å². The Kier molecular flexibility index (Phi) is 5.24. The molecule has 0 unspecified atom stereocenters. The number of hydrogen-bond acceptors (Lipinski definition) is 4. The van der Waals surface area contributed by atoms with Crippen molar-refractivity contribution in [2.45, 2.75) is 13.8 Å². The second-order valence-corrected chi connectivity index (χ2v) is 6.78. The predicted molar refractivity (Wildman–Crippen MR) is 108 cm³/mol. The molecule has 2 N–H and O–H groups in total. The number of ether oxygens (including phenoxy) is 1. The van der Waals surface area contributed by atoms with E-state index < -0.39 is 0 Å². The zero-order valence-corrected chi connectivity index (χ0v) is 16.2. The third-order valence-electron chi connectivity index (χ3n) is 4.04. The van der Waals surface area contributed by atoms with Crippen LogP contribution >= 0.6 is 15.9 Å². The lowest BCUT2D eigenvalue weighted by Gasteiger charge is -2.14. The molecule has 0 saturated heterocycles. The molecular weight excluding hydrogens is 390 g/mol. The van der Waals surface area contributed by atoms with Gasteiger partial charge in [-0.25, -0.2) is 4.98 Å². The van der Waals surface area contributed by atoms with Crippen LogP contribution in [0.3, 0.4) is 0 Å². The van der Waals surface area contributed by atoms with E-state index in [0.717, 1.165) is 21.3 Å². The number of anilines is 1. The Morgan fingerprint density at radius 2 is 1.85 bits per heavy atom. The minimum absolute atomic E-state index is 0.211. The van der Waals surface area contributed by atoms with Crippen LogP contribution in [0, 0.1) is 18.3 Å². The van der Waals surface area contributed by atoms with Crippen molar-refractivity contribution in [2.24, 2.45) is 0 Å². The van der Waals surface area contributed by atoms with Gasteiger partial charge in [0.05, 0.1) is 12.3 Å². The van der Waals surface area contributed by atoms with Crippen LogP contribution in [0.1, 0.15) is 18.1 Å². The molecule has 3 rings (SSSR count). The lowest BCUT2D eigenvalue weighted by Crippen LogP contribution is -2.01. The van der Waals surface area contributed by atoms with E-state index in [1.807, 2.05) is 62.4 Å². The molecule has 0 aliphatic heterocycles. The maximum Gasteiger partial charge on any atom is 0.142 e. The number of nitrogen functional groups attached to an aromatic ring is 1. The van der Waals surface area contributed by atoms with Gasteiger partial charge in [-0.2, -0.15) is 5.26 Å². The van der Waals surface area contributed by atoms with Gasteiger partial charge in [0.25, 0.3) is 0 Å². The summed E-state index contributed by atoms with van der Waals surface area (Å²) in [6, 6.07) is 17.8. The minimum atomic E-state index is 0.211. The van der Waals surface area contributed by atoms with Gasteiger partial charge in [-0.05, 0) is 38.1 Å². The van der Waals surface area contributed by atoms with E-state index >= 15 is 0 Å². The van der Waals surface area contributed by atoms with Gasteiger partial charge in [0.1, 0.15) is 23.2 Å². The quantitative estimate of drug-likeness (QED) is 0.633. The third kappa shape index (κ3) is 3.56. The molecule has 0 spiro atoms. The molecule has 0 amide bonds. The molecule has 0 radical (unpaired) electrons. The molecule has 26 heavy (non-hydrogen) atoms. The molecule has 0 bridgehead atoms. The van der Waals surface area contributed by atoms with E-state index in [-0.39, 0.29) is 5.82 Å². The summed E-state index contributed by atoms with van der Waals surface area (Å²) in [4.78, 5) is 4.43. The van der Waals surface area contributed by atoms with Gasteiger partial charge >= 0.3 is 0 Å². The zero-order chi connectivity index (χ0) is 18.7. The first-order chi connectivity index (χ1) is 12.5. The van der Waals surface area contributed by atoms with Crippen molar-refractivity contribution >= 4 is 21.7 Å². The molecule has 0 atom stereocenters. The summed E-state index contributed by atoms with van der Waals surface area (Å²) in [5.41, 5.74) is 10.8. The molecule has 0 aliphatic rings. The Bertz CT molecular complexity index is 991. The first-order valence-electron chi connectivity index (χ1n) is 8.24. The molecule has 0 aliphatic carbocycles. The topological polar surface area (TPSA) is 71.9 Å². The molecule has 3 aromatic rings. The number of benzene rings is 2. The van der Waals surface area contributed by atoms with E-state index in [1.54, 1.807) is 0 Å². The van der Waals surface area contributed by atoms with Gasteiger partial charge in [-0.1, -0.05) is 45.8 Å². The highest BCUT2D eigenvalue weighted by Gasteiger charge is 2.17. The van der Waals surface area contributed by atoms with E-state index in [1.165, 1.54) is 5.56 Å². The number of aryl methyl sites for hydroxylation is 1. The first-order valence-corrected chi connectivity index (χ1v) is 9.03. The summed E-state index contributed by atoms with van der Waals surface area (Å²) < 4.78 is 6.65. The smallest absolute Gasteiger partial charge is 0.142 e. The van der Waals surface area contributed by atoms with Gasteiger partial charge in [0.15, 0.2) is 0 Å². The van der Waals surface area contributed by atoms with Crippen molar-refractivity contribution in [3.05, 3.63) is 64.1 Å². The average molecular weight is 408 g/mol. The number of hydrogen-bond donors (Lipinski definition) is 1. The Balaban J connectivity index is 2.25. The molecule has 5 heteroatoms. The number of nitrogens with zero attached hydrogens (tertiary/aromatic N) is 2. The normalized spacial score (nSPS) is 10.4. The number of aromatic nitrogens is 1. The van der Waals surface area contributed by atoms with Crippen molar-refractivity contribution in [3.8, 4) is 34.2 Å². The Morgan fingerprint density at radius 1 is 1.12 bits per heavy atom. The van der Waals surface area contributed by atoms with Crippen LogP contribution in [0.15, 0.2) is 53.0 Å². The van der Waals surface area contributed by atoms with Crippen LogP contribution < -0.4 is 10.5 Å².